The normalized spacial score (nSPS) is 11.8. The lowest BCUT2D eigenvalue weighted by Gasteiger charge is -2.17. The molecule has 0 saturated carbocycles. The van der Waals surface area contributed by atoms with E-state index in [4.69, 9.17) is 0 Å². The van der Waals surface area contributed by atoms with E-state index in [1.807, 2.05) is 19.9 Å². The second kappa shape index (κ2) is 2.85. The van der Waals surface area contributed by atoms with Crippen molar-refractivity contribution >= 4 is 0 Å². The van der Waals surface area contributed by atoms with E-state index < -0.39 is 0 Å². The molecule has 0 fully saturated rings. The van der Waals surface area contributed by atoms with Gasteiger partial charge in [-0.05, 0) is 19.9 Å². The fourth-order valence-corrected chi connectivity index (χ4v) is 1.06. The first-order valence-electron chi connectivity index (χ1n) is 4.22. The van der Waals surface area contributed by atoms with Gasteiger partial charge in [0.15, 0.2) is 0 Å². The predicted octanol–water partition coefficient (Wildman–Crippen LogP) is 2.39. The molecule has 0 aromatic carbocycles. The van der Waals surface area contributed by atoms with Gasteiger partial charge in [0.05, 0.1) is 0 Å². The van der Waals surface area contributed by atoms with Gasteiger partial charge in [-0.1, -0.05) is 20.8 Å². The Labute approximate surface area is 74.1 Å². The summed E-state index contributed by atoms with van der Waals surface area (Å²) in [5, 5.41) is 0. The summed E-state index contributed by atoms with van der Waals surface area (Å²) in [7, 11) is 0. The summed E-state index contributed by atoms with van der Waals surface area (Å²) in [4.78, 5) is 8.79. The average molecular weight is 164 g/mol. The van der Waals surface area contributed by atoms with Crippen molar-refractivity contribution in [3.8, 4) is 0 Å². The van der Waals surface area contributed by atoms with Gasteiger partial charge in [0.2, 0.25) is 0 Å². The molecular weight excluding hydrogens is 148 g/mol. The number of hydrogen-bond acceptors (Lipinski definition) is 2. The van der Waals surface area contributed by atoms with Crippen molar-refractivity contribution in [1.82, 2.24) is 9.97 Å². The molecule has 0 aliphatic heterocycles. The molecule has 0 unspecified atom stereocenters. The number of aromatic nitrogens is 2. The molecule has 0 spiro atoms. The molecule has 12 heavy (non-hydrogen) atoms. The van der Waals surface area contributed by atoms with Crippen LogP contribution in [0, 0.1) is 13.8 Å². The monoisotopic (exact) mass is 164 g/mol. The van der Waals surface area contributed by atoms with Crippen molar-refractivity contribution in [2.45, 2.75) is 40.0 Å². The van der Waals surface area contributed by atoms with Crippen LogP contribution in [0.15, 0.2) is 6.07 Å². The van der Waals surface area contributed by atoms with E-state index in [0.29, 0.717) is 0 Å². The largest absolute Gasteiger partial charge is 0.238 e. The molecule has 1 aromatic rings. The van der Waals surface area contributed by atoms with Crippen LogP contribution >= 0.6 is 0 Å². The Morgan fingerprint density at radius 3 is 1.75 bits per heavy atom. The maximum atomic E-state index is 4.39. The van der Waals surface area contributed by atoms with Crippen molar-refractivity contribution in [1.29, 1.82) is 0 Å². The first-order valence-corrected chi connectivity index (χ1v) is 4.22. The Morgan fingerprint density at radius 2 is 1.42 bits per heavy atom. The van der Waals surface area contributed by atoms with Gasteiger partial charge in [-0.15, -0.1) is 0 Å². The second-order valence-electron chi connectivity index (χ2n) is 4.22. The average Bonchev–Trinajstić information content (AvgIpc) is 1.82. The van der Waals surface area contributed by atoms with E-state index in [-0.39, 0.29) is 5.41 Å². The summed E-state index contributed by atoms with van der Waals surface area (Å²) >= 11 is 0. The van der Waals surface area contributed by atoms with Crippen molar-refractivity contribution in [3.63, 3.8) is 0 Å². The maximum Gasteiger partial charge on any atom is 0.134 e. The molecule has 0 N–H and O–H groups in total. The zero-order valence-electron chi connectivity index (χ0n) is 8.47. The van der Waals surface area contributed by atoms with Crippen LogP contribution in [0.4, 0.5) is 0 Å². The highest BCUT2D eigenvalue weighted by Gasteiger charge is 2.17. The summed E-state index contributed by atoms with van der Waals surface area (Å²) in [6.07, 6.45) is 0. The Kier molecular flexibility index (Phi) is 2.18. The number of rotatable bonds is 0. The van der Waals surface area contributed by atoms with E-state index in [9.17, 15) is 0 Å². The summed E-state index contributed by atoms with van der Waals surface area (Å²) in [5.74, 6) is 0.931. The summed E-state index contributed by atoms with van der Waals surface area (Å²) in [6.45, 7) is 10.4. The standard InChI is InChI=1S/C10H16N2/c1-7-6-8(2)12-9(11-7)10(3,4)5/h6H,1-5H3. The minimum Gasteiger partial charge on any atom is -0.238 e. The predicted molar refractivity (Wildman–Crippen MR) is 50.2 cm³/mol. The van der Waals surface area contributed by atoms with Gasteiger partial charge in [-0.2, -0.15) is 0 Å². The molecule has 0 amide bonds. The molecule has 1 rings (SSSR count). The van der Waals surface area contributed by atoms with Gasteiger partial charge >= 0.3 is 0 Å². The van der Waals surface area contributed by atoms with Crippen molar-refractivity contribution in [3.05, 3.63) is 23.3 Å². The summed E-state index contributed by atoms with van der Waals surface area (Å²) in [5.41, 5.74) is 2.15. The highest BCUT2D eigenvalue weighted by molar-refractivity contribution is 5.12. The summed E-state index contributed by atoms with van der Waals surface area (Å²) < 4.78 is 0. The molecule has 1 heterocycles. The molecule has 0 atom stereocenters. The van der Waals surface area contributed by atoms with Crippen LogP contribution < -0.4 is 0 Å². The minimum atomic E-state index is 0.0524. The minimum absolute atomic E-state index is 0.0524. The molecule has 2 nitrogen and oxygen atoms in total. The van der Waals surface area contributed by atoms with Gasteiger partial charge < -0.3 is 0 Å². The quantitative estimate of drug-likeness (QED) is 0.588. The lowest BCUT2D eigenvalue weighted by atomic mass is 9.95. The topological polar surface area (TPSA) is 25.8 Å². The van der Waals surface area contributed by atoms with Gasteiger partial charge in [0, 0.05) is 16.8 Å². The van der Waals surface area contributed by atoms with Crippen LogP contribution in [0.3, 0.4) is 0 Å². The molecule has 0 bridgehead atoms. The van der Waals surface area contributed by atoms with E-state index in [1.165, 1.54) is 0 Å². The molecule has 66 valence electrons. The lowest BCUT2D eigenvalue weighted by molar-refractivity contribution is 0.540. The first kappa shape index (κ1) is 9.17. The third-order valence-electron chi connectivity index (χ3n) is 1.65. The molecule has 0 aliphatic rings. The third-order valence-corrected chi connectivity index (χ3v) is 1.65. The first-order chi connectivity index (χ1) is 5.39. The highest BCUT2D eigenvalue weighted by atomic mass is 14.9. The van der Waals surface area contributed by atoms with Crippen LogP contribution in [0.5, 0.6) is 0 Å². The van der Waals surface area contributed by atoms with Crippen molar-refractivity contribution in [2.24, 2.45) is 0 Å². The Morgan fingerprint density at radius 1 is 1.00 bits per heavy atom. The van der Waals surface area contributed by atoms with Crippen LogP contribution in [0.2, 0.25) is 0 Å². The van der Waals surface area contributed by atoms with E-state index >= 15 is 0 Å². The van der Waals surface area contributed by atoms with Crippen LogP contribution in [0.1, 0.15) is 38.0 Å². The molecule has 0 radical (unpaired) electrons. The highest BCUT2D eigenvalue weighted by Crippen LogP contribution is 2.18. The van der Waals surface area contributed by atoms with Crippen LogP contribution in [-0.4, -0.2) is 9.97 Å². The Bertz CT molecular complexity index is 264. The fraction of sp³-hybridized carbons (Fsp3) is 0.600. The zero-order valence-corrected chi connectivity index (χ0v) is 8.47. The Hall–Kier alpha value is -0.920. The lowest BCUT2D eigenvalue weighted by Crippen LogP contribution is -2.17. The third kappa shape index (κ3) is 2.03. The molecule has 1 aromatic heterocycles. The van der Waals surface area contributed by atoms with E-state index in [1.54, 1.807) is 0 Å². The summed E-state index contributed by atoms with van der Waals surface area (Å²) in [6, 6.07) is 2.00. The number of nitrogens with zero attached hydrogens (tertiary/aromatic N) is 2. The molecule has 2 heteroatoms. The number of hydrogen-bond donors (Lipinski definition) is 0. The number of aryl methyl sites for hydroxylation is 2. The molecule has 0 aliphatic carbocycles. The maximum absolute atomic E-state index is 4.39. The zero-order chi connectivity index (χ0) is 9.35. The smallest absolute Gasteiger partial charge is 0.134 e. The van der Waals surface area contributed by atoms with Gasteiger partial charge in [-0.25, -0.2) is 9.97 Å². The van der Waals surface area contributed by atoms with E-state index in [0.717, 1.165) is 17.2 Å². The SMILES string of the molecule is Cc1cc(C)nc(C(C)(C)C)n1. The molecular formula is C10H16N2. The van der Waals surface area contributed by atoms with Crippen LogP contribution in [0.25, 0.3) is 0 Å². The van der Waals surface area contributed by atoms with E-state index in [2.05, 4.69) is 30.7 Å². The second-order valence-corrected chi connectivity index (χ2v) is 4.22. The van der Waals surface area contributed by atoms with Gasteiger partial charge in [0.1, 0.15) is 5.82 Å². The van der Waals surface area contributed by atoms with Crippen molar-refractivity contribution in [2.75, 3.05) is 0 Å². The van der Waals surface area contributed by atoms with Gasteiger partial charge in [-0.3, -0.25) is 0 Å². The molecule has 0 saturated heterocycles. The Balaban J connectivity index is 3.18. The van der Waals surface area contributed by atoms with Gasteiger partial charge in [0.25, 0.3) is 0 Å². The van der Waals surface area contributed by atoms with Crippen molar-refractivity contribution < 1.29 is 0 Å². The van der Waals surface area contributed by atoms with Crippen LogP contribution in [-0.2, 0) is 5.41 Å². The fourth-order valence-electron chi connectivity index (χ4n) is 1.06.